The fourth-order valence-corrected chi connectivity index (χ4v) is 5.02. The monoisotopic (exact) mass is 491 g/mol. The van der Waals surface area contributed by atoms with E-state index >= 15 is 0 Å². The van der Waals surface area contributed by atoms with Crippen molar-refractivity contribution < 1.29 is 9.21 Å². The predicted octanol–water partition coefficient (Wildman–Crippen LogP) is 3.78. The Labute approximate surface area is 199 Å². The number of anilines is 2. The van der Waals surface area contributed by atoms with Crippen LogP contribution >= 0.6 is 23.4 Å². The smallest absolute Gasteiger partial charge is 0.330 e. The number of oxazole rings is 1. The molecule has 1 aromatic carbocycles. The van der Waals surface area contributed by atoms with E-state index in [1.165, 1.54) is 9.47 Å². The van der Waals surface area contributed by atoms with Crippen molar-refractivity contribution in [2.75, 3.05) is 16.4 Å². The Bertz CT molecular complexity index is 1280. The van der Waals surface area contributed by atoms with Gasteiger partial charge in [0, 0.05) is 17.6 Å². The van der Waals surface area contributed by atoms with Crippen LogP contribution in [0.2, 0.25) is 5.02 Å². The highest BCUT2D eigenvalue weighted by atomic mass is 35.5. The first-order valence-electron chi connectivity index (χ1n) is 11.0. The maximum Gasteiger partial charge on any atom is 0.330 e. The number of H-pyrrole nitrogens is 1. The Balaban J connectivity index is 1.64. The number of nitrogen functional groups attached to an aromatic ring is 1. The van der Waals surface area contributed by atoms with Gasteiger partial charge < -0.3 is 15.1 Å². The summed E-state index contributed by atoms with van der Waals surface area (Å²) in [6, 6.07) is 4.97. The number of rotatable bonds is 8. The van der Waals surface area contributed by atoms with Crippen molar-refractivity contribution in [2.24, 2.45) is 0 Å². The zero-order valence-corrected chi connectivity index (χ0v) is 19.9. The van der Waals surface area contributed by atoms with Crippen molar-refractivity contribution in [3.8, 4) is 0 Å². The molecule has 1 saturated carbocycles. The largest absolute Gasteiger partial charge is 0.431 e. The molecule has 2 heterocycles. The Kier molecular flexibility index (Phi) is 7.14. The zero-order chi connectivity index (χ0) is 23.5. The molecule has 0 radical (unpaired) electrons. The van der Waals surface area contributed by atoms with Crippen LogP contribution in [0.5, 0.6) is 0 Å². The van der Waals surface area contributed by atoms with E-state index < -0.39 is 11.2 Å². The van der Waals surface area contributed by atoms with Gasteiger partial charge in [0.1, 0.15) is 11.3 Å². The number of fused-ring (bicyclic) bond motifs is 1. The van der Waals surface area contributed by atoms with Crippen molar-refractivity contribution >= 4 is 51.9 Å². The van der Waals surface area contributed by atoms with Gasteiger partial charge in [-0.25, -0.2) is 9.78 Å². The van der Waals surface area contributed by atoms with E-state index in [1.807, 2.05) is 6.92 Å². The van der Waals surface area contributed by atoms with Crippen molar-refractivity contribution in [2.45, 2.75) is 63.3 Å². The van der Waals surface area contributed by atoms with Gasteiger partial charge in [-0.3, -0.25) is 19.1 Å². The average Bonchev–Trinajstić information content (AvgIpc) is 3.44. The molecule has 33 heavy (non-hydrogen) atoms. The molecule has 0 spiro atoms. The van der Waals surface area contributed by atoms with Gasteiger partial charge in [0.15, 0.2) is 11.3 Å². The van der Waals surface area contributed by atoms with Crippen LogP contribution in [-0.4, -0.2) is 32.2 Å². The highest BCUT2D eigenvalue weighted by Crippen LogP contribution is 2.31. The third kappa shape index (κ3) is 4.96. The zero-order valence-electron chi connectivity index (χ0n) is 18.3. The topological polar surface area (TPSA) is 127 Å². The number of nitrogens with zero attached hydrogens (tertiary/aromatic N) is 3. The molecule has 1 aliphatic rings. The van der Waals surface area contributed by atoms with E-state index in [1.54, 1.807) is 18.2 Å². The number of aromatic nitrogens is 3. The third-order valence-electron chi connectivity index (χ3n) is 5.80. The van der Waals surface area contributed by atoms with Gasteiger partial charge in [0.05, 0.1) is 5.75 Å². The number of thioether (sulfide) groups is 1. The fraction of sp³-hybridized carbons (Fsp3) is 0.455. The summed E-state index contributed by atoms with van der Waals surface area (Å²) in [5.41, 5.74) is 6.32. The predicted molar refractivity (Wildman–Crippen MR) is 130 cm³/mol. The van der Waals surface area contributed by atoms with E-state index in [0.29, 0.717) is 27.9 Å². The summed E-state index contributed by atoms with van der Waals surface area (Å²) in [5, 5.41) is 0.880. The molecule has 176 valence electrons. The molecule has 0 atom stereocenters. The molecule has 9 nitrogen and oxygen atoms in total. The number of carbonyl (C=O) groups is 1. The number of amides is 1. The molecule has 0 unspecified atom stereocenters. The normalized spacial score (nSPS) is 14.2. The van der Waals surface area contributed by atoms with E-state index in [2.05, 4.69) is 9.97 Å². The van der Waals surface area contributed by atoms with Gasteiger partial charge in [-0.2, -0.15) is 0 Å². The van der Waals surface area contributed by atoms with E-state index in [0.717, 1.165) is 50.3 Å². The van der Waals surface area contributed by atoms with Crippen molar-refractivity contribution in [1.29, 1.82) is 0 Å². The summed E-state index contributed by atoms with van der Waals surface area (Å²) in [4.78, 5) is 46.8. The van der Waals surface area contributed by atoms with E-state index in [9.17, 15) is 14.4 Å². The Morgan fingerprint density at radius 1 is 1.36 bits per heavy atom. The molecule has 11 heteroatoms. The first kappa shape index (κ1) is 23.4. The Morgan fingerprint density at radius 3 is 2.85 bits per heavy atom. The minimum absolute atomic E-state index is 0.00399. The molecule has 1 fully saturated rings. The van der Waals surface area contributed by atoms with Gasteiger partial charge in [-0.1, -0.05) is 49.5 Å². The lowest BCUT2D eigenvalue weighted by Crippen LogP contribution is -2.46. The summed E-state index contributed by atoms with van der Waals surface area (Å²) in [7, 11) is 0. The second-order valence-electron chi connectivity index (χ2n) is 8.08. The number of aromatic amines is 1. The van der Waals surface area contributed by atoms with Crippen molar-refractivity contribution in [1.82, 2.24) is 14.5 Å². The highest BCUT2D eigenvalue weighted by molar-refractivity contribution is 7.99. The molecular formula is C22H26ClN5O4S. The number of nitrogens with two attached hydrogens (primary N) is 1. The summed E-state index contributed by atoms with van der Waals surface area (Å²) in [6.45, 7) is 2.37. The van der Waals surface area contributed by atoms with Crippen LogP contribution < -0.4 is 21.9 Å². The van der Waals surface area contributed by atoms with E-state index in [-0.39, 0.29) is 29.2 Å². The first-order chi connectivity index (χ1) is 15.9. The lowest BCUT2D eigenvalue weighted by atomic mass is 10.2. The Morgan fingerprint density at radius 2 is 2.12 bits per heavy atom. The number of benzene rings is 1. The molecule has 4 rings (SSSR count). The minimum atomic E-state index is -0.646. The van der Waals surface area contributed by atoms with Gasteiger partial charge in [-0.05, 0) is 37.5 Å². The molecule has 1 aliphatic carbocycles. The van der Waals surface area contributed by atoms with Crippen LogP contribution in [0.25, 0.3) is 11.1 Å². The first-order valence-corrected chi connectivity index (χ1v) is 12.4. The van der Waals surface area contributed by atoms with Gasteiger partial charge in [0.2, 0.25) is 5.91 Å². The molecule has 1 amide bonds. The van der Waals surface area contributed by atoms with Crippen LogP contribution in [-0.2, 0) is 11.3 Å². The summed E-state index contributed by atoms with van der Waals surface area (Å²) in [6.07, 6.45) is 5.04. The van der Waals surface area contributed by atoms with Crippen molar-refractivity contribution in [3.63, 3.8) is 0 Å². The number of nitrogens with one attached hydrogen (secondary N) is 1. The number of unbranched alkanes of at least 4 members (excludes halogenated alkanes) is 1. The maximum absolute atomic E-state index is 13.4. The quantitative estimate of drug-likeness (QED) is 0.459. The van der Waals surface area contributed by atoms with Gasteiger partial charge >= 0.3 is 5.69 Å². The summed E-state index contributed by atoms with van der Waals surface area (Å²) in [5.74, 6) is -0.256. The number of hydrogen-bond acceptors (Lipinski definition) is 7. The molecule has 3 N–H and O–H groups in total. The Hall–Kier alpha value is -2.72. The van der Waals surface area contributed by atoms with Crippen LogP contribution in [0.1, 0.15) is 45.4 Å². The molecule has 0 bridgehead atoms. The standard InChI is InChI=1S/C22H26ClN5O4S/c1-2-3-10-27-19(24)18(20(30)26-21(27)31)28(14-6-4-5-7-14)17(29)12-33-22-25-15-11-13(23)8-9-16(15)32-22/h8-9,11,14H,2-7,10,12,24H2,1H3,(H,26,30,31). The minimum Gasteiger partial charge on any atom is -0.431 e. The average molecular weight is 492 g/mol. The SMILES string of the molecule is CCCCn1c(N)c(N(C(=O)CSc2nc3cc(Cl)ccc3o2)C2CCCC2)c(=O)[nH]c1=O. The molecule has 2 aromatic heterocycles. The highest BCUT2D eigenvalue weighted by Gasteiger charge is 2.32. The fourth-order valence-electron chi connectivity index (χ4n) is 4.16. The van der Waals surface area contributed by atoms with Crippen LogP contribution in [0.3, 0.4) is 0 Å². The second-order valence-corrected chi connectivity index (χ2v) is 9.44. The van der Waals surface area contributed by atoms with Crippen LogP contribution in [0.4, 0.5) is 11.5 Å². The second kappa shape index (κ2) is 10.0. The number of halogens is 1. The van der Waals surface area contributed by atoms with Crippen LogP contribution in [0.15, 0.2) is 37.4 Å². The van der Waals surface area contributed by atoms with Gasteiger partial charge in [-0.15, -0.1) is 0 Å². The summed E-state index contributed by atoms with van der Waals surface area (Å²) >= 11 is 7.15. The summed E-state index contributed by atoms with van der Waals surface area (Å²) < 4.78 is 7.04. The number of carbonyl (C=O) groups excluding carboxylic acids is 1. The molecular weight excluding hydrogens is 466 g/mol. The van der Waals surface area contributed by atoms with E-state index in [4.69, 9.17) is 21.8 Å². The van der Waals surface area contributed by atoms with Crippen LogP contribution in [0, 0.1) is 0 Å². The maximum atomic E-state index is 13.4. The lowest BCUT2D eigenvalue weighted by Gasteiger charge is -2.29. The molecule has 3 aromatic rings. The third-order valence-corrected chi connectivity index (χ3v) is 6.85. The van der Waals surface area contributed by atoms with Crippen molar-refractivity contribution in [3.05, 3.63) is 44.1 Å². The van der Waals surface area contributed by atoms with Gasteiger partial charge in [0.25, 0.3) is 10.8 Å². The molecule has 0 saturated heterocycles. The number of hydrogen-bond donors (Lipinski definition) is 2. The molecule has 0 aliphatic heterocycles. The lowest BCUT2D eigenvalue weighted by molar-refractivity contribution is -0.116.